The molecule has 1 aliphatic heterocycles. The van der Waals surface area contributed by atoms with Gasteiger partial charge >= 0.3 is 0 Å². The SMILES string of the molecule is CCOc1ccc(Cl)c(/C(O)=C2\C(=O)C(=O)N(C3CCCCC3)C2c2ccc(O)cc2)c1. The molecule has 168 valence electrons. The number of hydrogen-bond acceptors (Lipinski definition) is 5. The number of aromatic hydroxyl groups is 1. The van der Waals surface area contributed by atoms with E-state index in [1.807, 2.05) is 6.92 Å². The highest BCUT2D eigenvalue weighted by atomic mass is 35.5. The molecule has 2 N–H and O–H groups in total. The average Bonchev–Trinajstić information content (AvgIpc) is 3.06. The smallest absolute Gasteiger partial charge is 0.295 e. The van der Waals surface area contributed by atoms with Gasteiger partial charge in [0.15, 0.2) is 0 Å². The Morgan fingerprint density at radius 2 is 1.78 bits per heavy atom. The van der Waals surface area contributed by atoms with Gasteiger partial charge < -0.3 is 19.8 Å². The van der Waals surface area contributed by atoms with Gasteiger partial charge in [0, 0.05) is 11.6 Å². The molecule has 32 heavy (non-hydrogen) atoms. The van der Waals surface area contributed by atoms with E-state index in [-0.39, 0.29) is 33.7 Å². The predicted molar refractivity (Wildman–Crippen MR) is 122 cm³/mol. The highest BCUT2D eigenvalue weighted by Gasteiger charge is 2.49. The fourth-order valence-corrected chi connectivity index (χ4v) is 4.86. The molecule has 1 saturated heterocycles. The van der Waals surface area contributed by atoms with E-state index in [0.29, 0.717) is 17.9 Å². The normalized spacial score (nSPS) is 21.2. The summed E-state index contributed by atoms with van der Waals surface area (Å²) in [6.07, 6.45) is 4.69. The Hall–Kier alpha value is -2.99. The fraction of sp³-hybridized carbons (Fsp3) is 0.360. The number of ether oxygens (including phenoxy) is 1. The van der Waals surface area contributed by atoms with E-state index in [1.54, 1.807) is 35.2 Å². The first-order valence-corrected chi connectivity index (χ1v) is 11.3. The maximum absolute atomic E-state index is 13.2. The molecule has 0 bridgehead atoms. The standard InChI is InChI=1S/C25H26ClNO5/c1-2-32-18-12-13-20(26)19(14-18)23(29)21-22(15-8-10-17(28)11-9-15)27(25(31)24(21)30)16-6-4-3-5-7-16/h8-14,16,22,28-29H,2-7H2,1H3/b23-21+. The third-order valence-corrected chi connectivity index (χ3v) is 6.49. The van der Waals surface area contributed by atoms with Crippen molar-refractivity contribution in [2.75, 3.05) is 6.61 Å². The number of amides is 1. The van der Waals surface area contributed by atoms with Gasteiger partial charge in [0.05, 0.1) is 23.2 Å². The van der Waals surface area contributed by atoms with Gasteiger partial charge in [-0.2, -0.15) is 0 Å². The van der Waals surface area contributed by atoms with E-state index in [0.717, 1.165) is 32.1 Å². The number of Topliss-reactive ketones (excluding diaryl/α,β-unsaturated/α-hetero) is 1. The van der Waals surface area contributed by atoms with E-state index in [4.69, 9.17) is 16.3 Å². The molecule has 0 radical (unpaired) electrons. The van der Waals surface area contributed by atoms with Crippen LogP contribution in [-0.2, 0) is 9.59 Å². The van der Waals surface area contributed by atoms with Gasteiger partial charge in [0.1, 0.15) is 17.3 Å². The van der Waals surface area contributed by atoms with Crippen LogP contribution >= 0.6 is 11.6 Å². The molecule has 2 aliphatic rings. The molecule has 4 rings (SSSR count). The molecule has 6 nitrogen and oxygen atoms in total. The number of ketones is 1. The van der Waals surface area contributed by atoms with Crippen LogP contribution in [-0.4, -0.2) is 39.5 Å². The van der Waals surface area contributed by atoms with Gasteiger partial charge in [-0.3, -0.25) is 9.59 Å². The Bertz CT molecular complexity index is 1060. The molecule has 0 aromatic heterocycles. The van der Waals surface area contributed by atoms with Gasteiger partial charge in [-0.15, -0.1) is 0 Å². The minimum atomic E-state index is -0.759. The van der Waals surface area contributed by atoms with Crippen LogP contribution in [0.15, 0.2) is 48.0 Å². The summed E-state index contributed by atoms with van der Waals surface area (Å²) in [5.41, 5.74) is 0.885. The molecule has 1 amide bonds. The number of nitrogens with zero attached hydrogens (tertiary/aromatic N) is 1. The summed E-state index contributed by atoms with van der Waals surface area (Å²) in [6, 6.07) is 10.4. The molecule has 1 aliphatic carbocycles. The van der Waals surface area contributed by atoms with Gasteiger partial charge in [-0.25, -0.2) is 0 Å². The number of phenols is 1. The topological polar surface area (TPSA) is 87.1 Å². The van der Waals surface area contributed by atoms with Crippen molar-refractivity contribution >= 4 is 29.1 Å². The molecular weight excluding hydrogens is 430 g/mol. The van der Waals surface area contributed by atoms with Gasteiger partial charge in [0.25, 0.3) is 11.7 Å². The van der Waals surface area contributed by atoms with Crippen molar-refractivity contribution in [2.45, 2.75) is 51.1 Å². The second-order valence-electron chi connectivity index (χ2n) is 8.16. The van der Waals surface area contributed by atoms with Crippen molar-refractivity contribution in [2.24, 2.45) is 0 Å². The lowest BCUT2D eigenvalue weighted by Crippen LogP contribution is -2.40. The van der Waals surface area contributed by atoms with Crippen LogP contribution < -0.4 is 4.74 Å². The number of aliphatic hydroxyl groups excluding tert-OH is 1. The number of aliphatic hydroxyl groups is 1. The number of rotatable bonds is 5. The van der Waals surface area contributed by atoms with Crippen LogP contribution in [0, 0.1) is 0 Å². The highest BCUT2D eigenvalue weighted by molar-refractivity contribution is 6.47. The molecular formula is C25H26ClNO5. The zero-order chi connectivity index (χ0) is 22.8. The van der Waals surface area contributed by atoms with Crippen molar-refractivity contribution in [1.29, 1.82) is 0 Å². The minimum absolute atomic E-state index is 0.00168. The van der Waals surface area contributed by atoms with E-state index in [9.17, 15) is 19.8 Å². The van der Waals surface area contributed by atoms with Crippen molar-refractivity contribution in [3.8, 4) is 11.5 Å². The quantitative estimate of drug-likeness (QED) is 0.367. The Balaban J connectivity index is 1.88. The molecule has 1 saturated carbocycles. The Morgan fingerprint density at radius 3 is 2.44 bits per heavy atom. The van der Waals surface area contributed by atoms with Crippen molar-refractivity contribution in [3.63, 3.8) is 0 Å². The summed E-state index contributed by atoms with van der Waals surface area (Å²) in [5, 5.41) is 21.3. The van der Waals surface area contributed by atoms with E-state index < -0.39 is 17.7 Å². The summed E-state index contributed by atoms with van der Waals surface area (Å²) in [4.78, 5) is 28.0. The largest absolute Gasteiger partial charge is 0.508 e. The molecule has 2 fully saturated rings. The number of likely N-dealkylation sites (tertiary alicyclic amines) is 1. The summed E-state index contributed by atoms with van der Waals surface area (Å²) in [6.45, 7) is 2.27. The first kappa shape index (κ1) is 22.2. The summed E-state index contributed by atoms with van der Waals surface area (Å²) in [5.74, 6) is -1.10. The Kier molecular flexibility index (Phi) is 6.42. The highest BCUT2D eigenvalue weighted by Crippen LogP contribution is 2.44. The van der Waals surface area contributed by atoms with Gasteiger partial charge in [-0.1, -0.05) is 43.0 Å². The van der Waals surface area contributed by atoms with Crippen molar-refractivity contribution < 1.29 is 24.5 Å². The number of carbonyl (C=O) groups excluding carboxylic acids is 2. The monoisotopic (exact) mass is 455 g/mol. The Labute approximate surface area is 192 Å². The van der Waals surface area contributed by atoms with Crippen LogP contribution in [0.1, 0.15) is 56.2 Å². The molecule has 1 heterocycles. The zero-order valence-corrected chi connectivity index (χ0v) is 18.6. The third kappa shape index (κ3) is 4.07. The molecule has 2 aromatic rings. The summed E-state index contributed by atoms with van der Waals surface area (Å²) in [7, 11) is 0. The average molecular weight is 456 g/mol. The lowest BCUT2D eigenvalue weighted by Gasteiger charge is -2.35. The molecule has 2 aromatic carbocycles. The second-order valence-corrected chi connectivity index (χ2v) is 8.57. The molecule has 1 atom stereocenters. The number of hydrogen-bond donors (Lipinski definition) is 2. The molecule has 7 heteroatoms. The summed E-state index contributed by atoms with van der Waals surface area (Å²) < 4.78 is 5.52. The van der Waals surface area contributed by atoms with E-state index in [2.05, 4.69) is 0 Å². The first-order valence-electron chi connectivity index (χ1n) is 10.9. The maximum Gasteiger partial charge on any atom is 0.295 e. The third-order valence-electron chi connectivity index (χ3n) is 6.16. The summed E-state index contributed by atoms with van der Waals surface area (Å²) >= 11 is 6.36. The van der Waals surface area contributed by atoms with E-state index in [1.165, 1.54) is 12.1 Å². The predicted octanol–water partition coefficient (Wildman–Crippen LogP) is 5.20. The Morgan fingerprint density at radius 1 is 1.09 bits per heavy atom. The number of phenolic OH excluding ortho intramolecular Hbond substituents is 1. The fourth-order valence-electron chi connectivity index (χ4n) is 4.66. The van der Waals surface area contributed by atoms with Crippen molar-refractivity contribution in [3.05, 3.63) is 64.2 Å². The van der Waals surface area contributed by atoms with Crippen molar-refractivity contribution in [1.82, 2.24) is 4.90 Å². The number of halogens is 1. The number of benzene rings is 2. The maximum atomic E-state index is 13.2. The van der Waals surface area contributed by atoms with Gasteiger partial charge in [0.2, 0.25) is 0 Å². The first-order chi connectivity index (χ1) is 15.4. The molecule has 0 spiro atoms. The zero-order valence-electron chi connectivity index (χ0n) is 17.9. The van der Waals surface area contributed by atoms with Crippen LogP contribution in [0.25, 0.3) is 5.76 Å². The number of carbonyl (C=O) groups is 2. The minimum Gasteiger partial charge on any atom is -0.508 e. The lowest BCUT2D eigenvalue weighted by atomic mass is 9.91. The molecule has 1 unspecified atom stereocenters. The second kappa shape index (κ2) is 9.25. The van der Waals surface area contributed by atoms with Gasteiger partial charge in [-0.05, 0) is 55.7 Å². The van der Waals surface area contributed by atoms with E-state index >= 15 is 0 Å². The lowest BCUT2D eigenvalue weighted by molar-refractivity contribution is -0.141. The van der Waals surface area contributed by atoms with Crippen LogP contribution in [0.2, 0.25) is 5.02 Å². The van der Waals surface area contributed by atoms with Crippen LogP contribution in [0.4, 0.5) is 0 Å². The van der Waals surface area contributed by atoms with Crippen LogP contribution in [0.5, 0.6) is 11.5 Å². The van der Waals surface area contributed by atoms with Crippen LogP contribution in [0.3, 0.4) is 0 Å².